The van der Waals surface area contributed by atoms with Gasteiger partial charge in [0.1, 0.15) is 11.2 Å². The fraction of sp³-hybridized carbons (Fsp3) is 0.673. The first-order valence-electron chi connectivity index (χ1n) is 22.9. The molecule has 3 spiro atoms. The van der Waals surface area contributed by atoms with Gasteiger partial charge in [-0.05, 0) is 149 Å². The summed E-state index contributed by atoms with van der Waals surface area (Å²) in [5.41, 5.74) is 12.7. The number of carbonyl (C=O) groups excluding carboxylic acids is 2. The van der Waals surface area contributed by atoms with E-state index in [9.17, 15) is 4.79 Å². The van der Waals surface area contributed by atoms with E-state index in [-0.39, 0.29) is 35.6 Å². The largest absolute Gasteiger partial charge is 0.449 e. The van der Waals surface area contributed by atoms with Crippen molar-refractivity contribution in [1.29, 1.82) is 0 Å². The van der Waals surface area contributed by atoms with E-state index in [0.717, 1.165) is 67.4 Å². The lowest BCUT2D eigenvalue weighted by Gasteiger charge is -2.73. The van der Waals surface area contributed by atoms with Crippen molar-refractivity contribution >= 4 is 11.9 Å². The van der Waals surface area contributed by atoms with Crippen LogP contribution in [0.5, 0.6) is 0 Å². The van der Waals surface area contributed by atoms with E-state index in [1.165, 1.54) is 50.8 Å². The van der Waals surface area contributed by atoms with Crippen LogP contribution in [0.2, 0.25) is 0 Å². The van der Waals surface area contributed by atoms with E-state index in [0.29, 0.717) is 54.3 Å². The first-order chi connectivity index (χ1) is 27.2. The highest BCUT2D eigenvalue weighted by atomic mass is 16.6. The highest BCUT2D eigenvalue weighted by Gasteiger charge is 2.93. The minimum atomic E-state index is -0.953. The Kier molecular flexibility index (Phi) is 6.70. The molecule has 0 amide bonds. The molecule has 7 heteroatoms. The Hall–Kier alpha value is -3.16. The average molecular weight is 754 g/mol. The maximum absolute atomic E-state index is 15.8. The molecule has 13 aliphatic rings. The van der Waals surface area contributed by atoms with Crippen LogP contribution in [0.3, 0.4) is 0 Å². The summed E-state index contributed by atoms with van der Waals surface area (Å²) in [7, 11) is 0. The van der Waals surface area contributed by atoms with Crippen LogP contribution < -0.4 is 5.73 Å². The van der Waals surface area contributed by atoms with Crippen molar-refractivity contribution in [3.8, 4) is 0 Å². The molecule has 1 saturated carbocycles. The van der Waals surface area contributed by atoms with Gasteiger partial charge in [-0.2, -0.15) is 0 Å². The number of esters is 2. The molecule has 16 atom stereocenters. The number of carbonyl (C=O) groups is 2. The van der Waals surface area contributed by atoms with Gasteiger partial charge in [0, 0.05) is 54.3 Å². The maximum Gasteiger partial charge on any atom is 0.339 e. The molecule has 5 aliphatic carbocycles. The number of fused-ring (bicyclic) bond motifs is 4. The molecule has 10 bridgehead atoms. The van der Waals surface area contributed by atoms with Crippen LogP contribution in [0.4, 0.5) is 0 Å². The Morgan fingerprint density at radius 1 is 0.964 bits per heavy atom. The Morgan fingerprint density at radius 3 is 2.71 bits per heavy atom. The second kappa shape index (κ2) is 11.1. The first-order valence-corrected chi connectivity index (χ1v) is 22.9. The first kappa shape index (κ1) is 33.8. The molecule has 8 aliphatic heterocycles. The molecule has 0 aromatic heterocycles. The fourth-order valence-electron chi connectivity index (χ4n) is 17.4. The normalized spacial score (nSPS) is 49.4. The summed E-state index contributed by atoms with van der Waals surface area (Å²) in [4.78, 5) is 36.4. The zero-order valence-corrected chi connectivity index (χ0v) is 33.6. The second-order valence-corrected chi connectivity index (χ2v) is 21.0. The van der Waals surface area contributed by atoms with Crippen LogP contribution in [0, 0.1) is 64.1 Å². The van der Waals surface area contributed by atoms with Crippen LogP contribution in [0.15, 0.2) is 64.6 Å². The molecule has 7 nitrogen and oxygen atoms in total. The number of nitrogens with two attached hydrogens (primary N) is 1. The Labute approximate surface area is 332 Å². The number of hydrogen-bond donors (Lipinski definition) is 1. The molecule has 0 radical (unpaired) electrons. The summed E-state index contributed by atoms with van der Waals surface area (Å²) in [5.74, 6) is 4.09. The lowest BCUT2D eigenvalue weighted by molar-refractivity contribution is -0.280. The van der Waals surface area contributed by atoms with Gasteiger partial charge in [-0.25, -0.2) is 4.79 Å². The third kappa shape index (κ3) is 3.62. The minimum Gasteiger partial charge on any atom is -0.449 e. The van der Waals surface area contributed by atoms with Crippen LogP contribution >= 0.6 is 0 Å². The molecule has 2 N–H and O–H groups in total. The molecule has 1 aromatic rings. The molecule has 56 heavy (non-hydrogen) atoms. The summed E-state index contributed by atoms with van der Waals surface area (Å²) < 4.78 is 14.2. The topological polar surface area (TPSA) is 85.1 Å². The maximum atomic E-state index is 15.8. The van der Waals surface area contributed by atoms with Gasteiger partial charge < -0.3 is 20.1 Å². The molecule has 16 unspecified atom stereocenters. The molecular formula is C49H59N3O4. The Morgan fingerprint density at radius 2 is 1.84 bits per heavy atom. The van der Waals surface area contributed by atoms with Gasteiger partial charge in [0.25, 0.3) is 0 Å². The van der Waals surface area contributed by atoms with Gasteiger partial charge in [-0.15, -0.1) is 0 Å². The number of nitrogens with zero attached hydrogens (tertiary/aromatic N) is 2. The highest BCUT2D eigenvalue weighted by Crippen LogP contribution is 2.88. The number of piperidine rings is 3. The Bertz CT molecular complexity index is 2130. The summed E-state index contributed by atoms with van der Waals surface area (Å²) in [6, 6.07) is 8.05. The van der Waals surface area contributed by atoms with E-state index in [1.807, 2.05) is 0 Å². The van der Waals surface area contributed by atoms with Crippen LogP contribution in [0.25, 0.3) is 0 Å². The van der Waals surface area contributed by atoms with Gasteiger partial charge in [0.05, 0.1) is 11.0 Å². The van der Waals surface area contributed by atoms with Gasteiger partial charge in [0.15, 0.2) is 5.60 Å². The monoisotopic (exact) mass is 753 g/mol. The predicted molar refractivity (Wildman–Crippen MR) is 213 cm³/mol. The van der Waals surface area contributed by atoms with Crippen LogP contribution in [-0.2, 0) is 26.3 Å². The molecule has 4 saturated heterocycles. The highest BCUT2D eigenvalue weighted by molar-refractivity contribution is 6.00. The number of hydrogen-bond acceptors (Lipinski definition) is 7. The van der Waals surface area contributed by atoms with Crippen molar-refractivity contribution in [2.45, 2.75) is 122 Å². The summed E-state index contributed by atoms with van der Waals surface area (Å²) in [6.07, 6.45) is 20.1. The molecule has 14 rings (SSSR count). The van der Waals surface area contributed by atoms with Crippen molar-refractivity contribution in [2.24, 2.45) is 69.8 Å². The minimum absolute atomic E-state index is 0.0450. The standard InChI is InChI=1S/C49H59N3O4/c1-25-9-10-30-21-35-26(2)19-31-12-14-38-32-20-33-24-52(38)44(31)42(35)34-15-16-47-40(22-29-11-13-37(33)51(23-32)27(29)3)55-46(54)48(47,43(30)34)39(18-25)49(47)36-8-4-6-28(7-5-17-50)41(36)45(53)56-49/h4,6,8-10,22,25-27,29-30,32-33,35,37-39,42H,5,7,11-21,23-24,50H2,1-3H3. The van der Waals surface area contributed by atoms with E-state index in [4.69, 9.17) is 15.2 Å². The van der Waals surface area contributed by atoms with Crippen LogP contribution in [-0.4, -0.2) is 59.5 Å². The molecule has 5 fully saturated rings. The van der Waals surface area contributed by atoms with Crippen molar-refractivity contribution in [1.82, 2.24) is 9.80 Å². The zero-order chi connectivity index (χ0) is 37.6. The molecular weight excluding hydrogens is 695 g/mol. The number of aryl methyl sites for hydroxylation is 1. The third-order valence-corrected chi connectivity index (χ3v) is 19.2. The van der Waals surface area contributed by atoms with Crippen molar-refractivity contribution in [3.05, 3.63) is 81.3 Å². The quantitative estimate of drug-likeness (QED) is 0.249. The lowest BCUT2D eigenvalue weighted by Crippen LogP contribution is -2.78. The number of rotatable bonds is 3. The van der Waals surface area contributed by atoms with Crippen LogP contribution in [0.1, 0.15) is 113 Å². The van der Waals surface area contributed by atoms with E-state index in [2.05, 4.69) is 67.0 Å². The van der Waals surface area contributed by atoms with Crippen molar-refractivity contribution in [2.75, 3.05) is 19.6 Å². The fourth-order valence-corrected chi connectivity index (χ4v) is 17.4. The smallest absolute Gasteiger partial charge is 0.339 e. The third-order valence-electron chi connectivity index (χ3n) is 19.2. The molecule has 8 heterocycles. The van der Waals surface area contributed by atoms with Crippen molar-refractivity contribution < 1.29 is 19.1 Å². The van der Waals surface area contributed by atoms with Crippen molar-refractivity contribution in [3.63, 3.8) is 0 Å². The Balaban J connectivity index is 1.13. The van der Waals surface area contributed by atoms with Gasteiger partial charge in [0.2, 0.25) is 0 Å². The van der Waals surface area contributed by atoms with E-state index >= 15 is 4.79 Å². The van der Waals surface area contributed by atoms with Gasteiger partial charge >= 0.3 is 11.9 Å². The molecule has 294 valence electrons. The summed E-state index contributed by atoms with van der Waals surface area (Å²) in [6.45, 7) is 10.3. The van der Waals surface area contributed by atoms with Gasteiger partial charge in [-0.1, -0.05) is 55.3 Å². The molecule has 1 aromatic carbocycles. The summed E-state index contributed by atoms with van der Waals surface area (Å²) >= 11 is 0. The number of benzene rings is 1. The van der Waals surface area contributed by atoms with E-state index < -0.39 is 16.4 Å². The summed E-state index contributed by atoms with van der Waals surface area (Å²) in [5, 5.41) is 0. The average Bonchev–Trinajstić information content (AvgIpc) is 3.63. The van der Waals surface area contributed by atoms with Gasteiger partial charge in [-0.3, -0.25) is 9.69 Å². The second-order valence-electron chi connectivity index (χ2n) is 21.0. The SMILES string of the molecule is CC1C=CC2CC3C(C)CC4=C5C3C3=C2C26C(=O)OC(=CC7CCC8C9CC(CN8C7C)C(CC4)N5C9)C2(CC3)C2(OC(=O)c3c(CCCN)cccc32)C6C1. The number of ether oxygens (including phenoxy) is 2. The lowest BCUT2D eigenvalue weighted by atomic mass is 9.27. The van der Waals surface area contributed by atoms with E-state index in [1.54, 1.807) is 16.8 Å². The zero-order valence-electron chi connectivity index (χ0n) is 33.6. The number of allylic oxidation sites excluding steroid dienone is 4. The predicted octanol–water partition coefficient (Wildman–Crippen LogP) is 7.82.